The molecule has 9 nitrogen and oxygen atoms in total. The van der Waals surface area contributed by atoms with E-state index in [2.05, 4.69) is 15.2 Å². The summed E-state index contributed by atoms with van der Waals surface area (Å²) in [6.07, 6.45) is 3.25. The maximum atomic E-state index is 13.0. The van der Waals surface area contributed by atoms with Gasteiger partial charge in [0.1, 0.15) is 5.03 Å². The fourth-order valence-corrected chi connectivity index (χ4v) is 6.00. The topological polar surface area (TPSA) is 107 Å². The maximum Gasteiger partial charge on any atom is 0.339 e. The zero-order valence-electron chi connectivity index (χ0n) is 18.5. The number of hydrogen-bond acceptors (Lipinski definition) is 8. The van der Waals surface area contributed by atoms with Crippen LogP contribution in [0.4, 0.5) is 0 Å². The molecule has 1 aromatic carbocycles. The predicted octanol–water partition coefficient (Wildman–Crippen LogP) is 3.47. The van der Waals surface area contributed by atoms with Gasteiger partial charge in [-0.2, -0.15) is 4.31 Å². The van der Waals surface area contributed by atoms with Gasteiger partial charge in [-0.15, -0.1) is 10.2 Å². The molecule has 0 N–H and O–H groups in total. The van der Waals surface area contributed by atoms with Crippen LogP contribution in [0.2, 0.25) is 0 Å². The number of pyridine rings is 1. The molecule has 3 aromatic rings. The molecule has 33 heavy (non-hydrogen) atoms. The standard InChI is InChI=1S/C22H25N5O4S2/c1-3-27-20(16-8-7-9-18(14-16)33(29,30)26-12-5-6-13-26)24-25-22(27)32-19-11-10-17(15-23-19)21(28)31-4-2/h7-11,14-15H,3-6,12-13H2,1-2H3. The molecule has 0 amide bonds. The summed E-state index contributed by atoms with van der Waals surface area (Å²) in [4.78, 5) is 16.4. The van der Waals surface area contributed by atoms with Gasteiger partial charge in [-0.3, -0.25) is 0 Å². The second kappa shape index (κ2) is 10.0. The van der Waals surface area contributed by atoms with Gasteiger partial charge in [-0.25, -0.2) is 18.2 Å². The van der Waals surface area contributed by atoms with Crippen molar-refractivity contribution in [3.8, 4) is 11.4 Å². The van der Waals surface area contributed by atoms with Crippen molar-refractivity contribution >= 4 is 27.8 Å². The fourth-order valence-electron chi connectivity index (χ4n) is 3.61. The lowest BCUT2D eigenvalue weighted by atomic mass is 10.2. The van der Waals surface area contributed by atoms with Crippen molar-refractivity contribution in [3.63, 3.8) is 0 Å². The Morgan fingerprint density at radius 2 is 1.91 bits per heavy atom. The molecule has 3 heterocycles. The average molecular weight is 488 g/mol. The SMILES string of the molecule is CCOC(=O)c1ccc(Sc2nnc(-c3cccc(S(=O)(=O)N4CCCC4)c3)n2CC)nc1. The third-order valence-electron chi connectivity index (χ3n) is 5.27. The van der Waals surface area contributed by atoms with Crippen LogP contribution in [0.3, 0.4) is 0 Å². The Hall–Kier alpha value is -2.76. The van der Waals surface area contributed by atoms with Crippen LogP contribution >= 0.6 is 11.8 Å². The van der Waals surface area contributed by atoms with Gasteiger partial charge in [0.2, 0.25) is 10.0 Å². The first-order valence-electron chi connectivity index (χ1n) is 10.8. The van der Waals surface area contributed by atoms with Gasteiger partial charge >= 0.3 is 5.97 Å². The largest absolute Gasteiger partial charge is 0.462 e. The molecular weight excluding hydrogens is 462 g/mol. The Balaban J connectivity index is 1.59. The first-order chi connectivity index (χ1) is 15.9. The molecule has 0 bridgehead atoms. The van der Waals surface area contributed by atoms with Crippen molar-refractivity contribution in [2.24, 2.45) is 0 Å². The van der Waals surface area contributed by atoms with E-state index in [-0.39, 0.29) is 4.90 Å². The number of nitrogens with zero attached hydrogens (tertiary/aromatic N) is 5. The monoisotopic (exact) mass is 487 g/mol. The quantitative estimate of drug-likeness (QED) is 0.445. The zero-order valence-corrected chi connectivity index (χ0v) is 20.1. The van der Waals surface area contributed by atoms with Gasteiger partial charge in [0, 0.05) is 31.4 Å². The van der Waals surface area contributed by atoms with Gasteiger partial charge < -0.3 is 9.30 Å². The number of benzene rings is 1. The molecule has 1 aliphatic heterocycles. The summed E-state index contributed by atoms with van der Waals surface area (Å²) in [5, 5.41) is 9.90. The highest BCUT2D eigenvalue weighted by Gasteiger charge is 2.27. The summed E-state index contributed by atoms with van der Waals surface area (Å²) in [5.74, 6) is 0.172. The number of sulfonamides is 1. The van der Waals surface area contributed by atoms with E-state index in [1.807, 2.05) is 17.6 Å². The minimum atomic E-state index is -3.52. The highest BCUT2D eigenvalue weighted by molar-refractivity contribution is 7.99. The number of rotatable bonds is 8. The molecule has 11 heteroatoms. The number of hydrogen-bond donors (Lipinski definition) is 0. The highest BCUT2D eigenvalue weighted by atomic mass is 32.2. The van der Waals surface area contributed by atoms with Gasteiger partial charge in [-0.1, -0.05) is 12.1 Å². The van der Waals surface area contributed by atoms with E-state index < -0.39 is 16.0 Å². The highest BCUT2D eigenvalue weighted by Crippen LogP contribution is 2.30. The molecule has 1 saturated heterocycles. The second-order valence-electron chi connectivity index (χ2n) is 7.40. The maximum absolute atomic E-state index is 13.0. The smallest absolute Gasteiger partial charge is 0.339 e. The molecule has 1 aliphatic rings. The summed E-state index contributed by atoms with van der Waals surface area (Å²) in [6, 6.07) is 10.2. The first kappa shape index (κ1) is 23.4. The lowest BCUT2D eigenvalue weighted by molar-refractivity contribution is 0.0525. The molecular formula is C22H25N5O4S2. The summed E-state index contributed by atoms with van der Waals surface area (Å²) >= 11 is 1.32. The summed E-state index contributed by atoms with van der Waals surface area (Å²) < 4.78 is 34.4. The van der Waals surface area contributed by atoms with Crippen LogP contribution in [0.1, 0.15) is 37.0 Å². The summed E-state index contributed by atoms with van der Waals surface area (Å²) in [5.41, 5.74) is 1.07. The Labute approximate surface area is 197 Å². The van der Waals surface area contributed by atoms with Crippen molar-refractivity contribution < 1.29 is 17.9 Å². The molecule has 1 fully saturated rings. The van der Waals surface area contributed by atoms with Crippen molar-refractivity contribution in [2.45, 2.75) is 48.3 Å². The van der Waals surface area contributed by atoms with Crippen molar-refractivity contribution in [1.29, 1.82) is 0 Å². The lowest BCUT2D eigenvalue weighted by Crippen LogP contribution is -2.27. The van der Waals surface area contributed by atoms with Crippen molar-refractivity contribution in [3.05, 3.63) is 48.2 Å². The van der Waals surface area contributed by atoms with Gasteiger partial charge in [0.15, 0.2) is 11.0 Å². The second-order valence-corrected chi connectivity index (χ2v) is 10.3. The van der Waals surface area contributed by atoms with Gasteiger partial charge in [-0.05, 0) is 62.7 Å². The van der Waals surface area contributed by atoms with Crippen molar-refractivity contribution in [2.75, 3.05) is 19.7 Å². The summed E-state index contributed by atoms with van der Waals surface area (Å²) in [7, 11) is -3.52. The first-order valence-corrected chi connectivity index (χ1v) is 13.0. The Morgan fingerprint density at radius 3 is 2.58 bits per heavy atom. The molecule has 174 valence electrons. The van der Waals surface area contributed by atoms with Crippen LogP contribution in [0, 0.1) is 0 Å². The molecule has 2 aromatic heterocycles. The Bertz CT molecular complexity index is 1240. The predicted molar refractivity (Wildman–Crippen MR) is 123 cm³/mol. The molecule has 0 saturated carbocycles. The molecule has 0 unspecified atom stereocenters. The van der Waals surface area contributed by atoms with Crippen molar-refractivity contribution in [1.82, 2.24) is 24.1 Å². The normalized spacial score (nSPS) is 14.5. The number of carbonyl (C=O) groups excluding carboxylic acids is 1. The summed E-state index contributed by atoms with van der Waals surface area (Å²) in [6.45, 7) is 5.73. The number of esters is 1. The van der Waals surface area contributed by atoms with Gasteiger partial charge in [0.25, 0.3) is 0 Å². The lowest BCUT2D eigenvalue weighted by Gasteiger charge is -2.16. The van der Waals surface area contributed by atoms with Gasteiger partial charge in [0.05, 0.1) is 17.1 Å². The van der Waals surface area contributed by atoms with E-state index in [0.717, 1.165) is 12.8 Å². The van der Waals surface area contributed by atoms with E-state index in [4.69, 9.17) is 4.74 Å². The molecule has 0 spiro atoms. The van der Waals surface area contributed by atoms with Crippen LogP contribution in [-0.4, -0.2) is 58.1 Å². The number of aromatic nitrogens is 4. The third-order valence-corrected chi connectivity index (χ3v) is 8.10. The third kappa shape index (κ3) is 4.94. The van der Waals surface area contributed by atoms with E-state index >= 15 is 0 Å². The average Bonchev–Trinajstić information content (AvgIpc) is 3.50. The number of ether oxygens (including phenoxy) is 1. The number of carbonyl (C=O) groups is 1. The van der Waals surface area contributed by atoms with E-state index in [1.165, 1.54) is 22.3 Å². The molecule has 4 rings (SSSR count). The Kier molecular flexibility index (Phi) is 7.11. The van der Waals surface area contributed by atoms with Crippen LogP contribution in [0.15, 0.2) is 57.7 Å². The van der Waals surface area contributed by atoms with Crippen LogP contribution < -0.4 is 0 Å². The zero-order chi connectivity index (χ0) is 23.4. The van der Waals surface area contributed by atoms with Crippen LogP contribution in [0.5, 0.6) is 0 Å². The van der Waals surface area contributed by atoms with E-state index in [1.54, 1.807) is 37.3 Å². The van der Waals surface area contributed by atoms with E-state index in [0.29, 0.717) is 53.4 Å². The van der Waals surface area contributed by atoms with E-state index in [9.17, 15) is 13.2 Å². The molecule has 0 aliphatic carbocycles. The van der Waals surface area contributed by atoms with Crippen LogP contribution in [-0.2, 0) is 21.3 Å². The minimum absolute atomic E-state index is 0.262. The van der Waals surface area contributed by atoms with Crippen LogP contribution in [0.25, 0.3) is 11.4 Å². The Morgan fingerprint density at radius 1 is 1.12 bits per heavy atom. The fraction of sp³-hybridized carbons (Fsp3) is 0.364. The minimum Gasteiger partial charge on any atom is -0.462 e. The molecule has 0 radical (unpaired) electrons. The molecule has 0 atom stereocenters.